The number of hydrogen-bond acceptors (Lipinski definition) is 5. The van der Waals surface area contributed by atoms with E-state index in [1.807, 2.05) is 18.2 Å². The topological polar surface area (TPSA) is 91.3 Å². The molecule has 2 fully saturated rings. The van der Waals surface area contributed by atoms with Crippen molar-refractivity contribution < 1.29 is 24.2 Å². The fourth-order valence-electron chi connectivity index (χ4n) is 3.77. The Labute approximate surface area is 165 Å². The number of hydrogen-bond donors (Lipinski definition) is 2. The molecular weight excluding hydrogens is 362 g/mol. The predicted octanol–water partition coefficient (Wildman–Crippen LogP) is 2.64. The smallest absolute Gasteiger partial charge is 0.321 e. The quantitative estimate of drug-likeness (QED) is 0.820. The molecule has 1 aromatic rings. The third kappa shape index (κ3) is 4.67. The van der Waals surface area contributed by atoms with Crippen LogP contribution in [0.2, 0.25) is 0 Å². The number of morpholine rings is 1. The third-order valence-electron chi connectivity index (χ3n) is 5.28. The molecule has 1 atom stereocenters. The van der Waals surface area contributed by atoms with Gasteiger partial charge >= 0.3 is 12.0 Å². The minimum absolute atomic E-state index is 0.215. The SMILES string of the molecule is COc1cc(N2CCOC(C)(C)C2)ccc1NC(=O)N1CCCC(C(=O)O)C1. The highest BCUT2D eigenvalue weighted by molar-refractivity contribution is 5.92. The Balaban J connectivity index is 1.70. The van der Waals surface area contributed by atoms with Crippen LogP contribution in [0.4, 0.5) is 16.2 Å². The van der Waals surface area contributed by atoms with E-state index in [1.165, 1.54) is 0 Å². The third-order valence-corrected chi connectivity index (χ3v) is 5.28. The van der Waals surface area contributed by atoms with E-state index in [4.69, 9.17) is 9.47 Å². The fourth-order valence-corrected chi connectivity index (χ4v) is 3.77. The lowest BCUT2D eigenvalue weighted by Crippen LogP contribution is -2.48. The van der Waals surface area contributed by atoms with Crippen LogP contribution in [-0.2, 0) is 9.53 Å². The molecule has 0 aromatic heterocycles. The Hall–Kier alpha value is -2.48. The highest BCUT2D eigenvalue weighted by Crippen LogP contribution is 2.32. The minimum Gasteiger partial charge on any atom is -0.494 e. The van der Waals surface area contributed by atoms with Crippen LogP contribution >= 0.6 is 0 Å². The van der Waals surface area contributed by atoms with Gasteiger partial charge in [0.1, 0.15) is 5.75 Å². The van der Waals surface area contributed by atoms with Gasteiger partial charge < -0.3 is 29.7 Å². The maximum atomic E-state index is 12.6. The Morgan fingerprint density at radius 2 is 2.11 bits per heavy atom. The number of benzene rings is 1. The van der Waals surface area contributed by atoms with Crippen molar-refractivity contribution >= 4 is 23.4 Å². The molecule has 8 heteroatoms. The van der Waals surface area contributed by atoms with Gasteiger partial charge in [-0.1, -0.05) is 0 Å². The summed E-state index contributed by atoms with van der Waals surface area (Å²) < 4.78 is 11.3. The number of amides is 2. The van der Waals surface area contributed by atoms with Crippen molar-refractivity contribution in [1.29, 1.82) is 0 Å². The van der Waals surface area contributed by atoms with E-state index in [9.17, 15) is 14.7 Å². The van der Waals surface area contributed by atoms with Crippen molar-refractivity contribution in [3.05, 3.63) is 18.2 Å². The highest BCUT2D eigenvalue weighted by atomic mass is 16.5. The average molecular weight is 391 g/mol. The zero-order valence-electron chi connectivity index (χ0n) is 16.7. The van der Waals surface area contributed by atoms with Crippen LogP contribution in [0.3, 0.4) is 0 Å². The molecule has 2 saturated heterocycles. The fraction of sp³-hybridized carbons (Fsp3) is 0.600. The summed E-state index contributed by atoms with van der Waals surface area (Å²) in [4.78, 5) is 27.6. The molecule has 2 aliphatic heterocycles. The van der Waals surface area contributed by atoms with Crippen molar-refractivity contribution in [3.8, 4) is 5.75 Å². The van der Waals surface area contributed by atoms with E-state index in [0.29, 0.717) is 37.4 Å². The van der Waals surface area contributed by atoms with Crippen molar-refractivity contribution in [2.24, 2.45) is 5.92 Å². The molecule has 1 unspecified atom stereocenters. The second-order valence-corrected chi connectivity index (χ2v) is 7.97. The molecule has 2 N–H and O–H groups in total. The highest BCUT2D eigenvalue weighted by Gasteiger charge is 2.29. The lowest BCUT2D eigenvalue weighted by molar-refractivity contribution is -0.143. The van der Waals surface area contributed by atoms with E-state index in [2.05, 4.69) is 24.1 Å². The molecule has 1 aromatic carbocycles. The predicted molar refractivity (Wildman–Crippen MR) is 106 cm³/mol. The summed E-state index contributed by atoms with van der Waals surface area (Å²) in [5.74, 6) is -0.789. The number of carboxylic acid groups (broad SMARTS) is 1. The average Bonchev–Trinajstić information content (AvgIpc) is 2.67. The Morgan fingerprint density at radius 1 is 1.32 bits per heavy atom. The summed E-state index contributed by atoms with van der Waals surface area (Å²) in [6.45, 7) is 7.13. The van der Waals surface area contributed by atoms with E-state index in [0.717, 1.165) is 18.8 Å². The van der Waals surface area contributed by atoms with Crippen LogP contribution in [0, 0.1) is 5.92 Å². The molecule has 3 rings (SSSR count). The Bertz CT molecular complexity index is 737. The number of nitrogens with zero attached hydrogens (tertiary/aromatic N) is 2. The second-order valence-electron chi connectivity index (χ2n) is 7.97. The van der Waals surface area contributed by atoms with Crippen molar-refractivity contribution in [3.63, 3.8) is 0 Å². The largest absolute Gasteiger partial charge is 0.494 e. The van der Waals surface area contributed by atoms with Gasteiger partial charge in [-0.15, -0.1) is 0 Å². The van der Waals surface area contributed by atoms with Crippen LogP contribution in [0.25, 0.3) is 0 Å². The number of ether oxygens (including phenoxy) is 2. The molecule has 2 heterocycles. The molecular formula is C20H29N3O5. The van der Waals surface area contributed by atoms with Gasteiger partial charge in [0.25, 0.3) is 0 Å². The van der Waals surface area contributed by atoms with Gasteiger partial charge in [0.2, 0.25) is 0 Å². The normalized spacial score (nSPS) is 21.9. The van der Waals surface area contributed by atoms with Gasteiger partial charge in [0, 0.05) is 37.9 Å². The molecule has 28 heavy (non-hydrogen) atoms. The second kappa shape index (κ2) is 8.26. The van der Waals surface area contributed by atoms with Gasteiger partial charge in [-0.3, -0.25) is 4.79 Å². The zero-order chi connectivity index (χ0) is 20.3. The van der Waals surface area contributed by atoms with Crippen molar-refractivity contribution in [1.82, 2.24) is 4.90 Å². The molecule has 0 spiro atoms. The Morgan fingerprint density at radius 3 is 2.79 bits per heavy atom. The lowest BCUT2D eigenvalue weighted by Gasteiger charge is -2.39. The van der Waals surface area contributed by atoms with Crippen LogP contribution in [0.1, 0.15) is 26.7 Å². The van der Waals surface area contributed by atoms with Gasteiger partial charge in [-0.05, 0) is 38.8 Å². The number of carbonyl (C=O) groups excluding carboxylic acids is 1. The Kier molecular flexibility index (Phi) is 5.98. The summed E-state index contributed by atoms with van der Waals surface area (Å²) in [5.41, 5.74) is 1.36. The first-order chi connectivity index (χ1) is 13.3. The van der Waals surface area contributed by atoms with Crippen molar-refractivity contribution in [2.45, 2.75) is 32.3 Å². The van der Waals surface area contributed by atoms with Gasteiger partial charge in [0.05, 0.1) is 30.9 Å². The van der Waals surface area contributed by atoms with E-state index < -0.39 is 11.9 Å². The van der Waals surface area contributed by atoms with Gasteiger partial charge in [0.15, 0.2) is 0 Å². The number of methoxy groups -OCH3 is 1. The van der Waals surface area contributed by atoms with Crippen LogP contribution < -0.4 is 15.0 Å². The monoisotopic (exact) mass is 391 g/mol. The summed E-state index contributed by atoms with van der Waals surface area (Å²) in [7, 11) is 1.57. The summed E-state index contributed by atoms with van der Waals surface area (Å²) >= 11 is 0. The van der Waals surface area contributed by atoms with Gasteiger partial charge in [-0.2, -0.15) is 0 Å². The number of carbonyl (C=O) groups is 2. The summed E-state index contributed by atoms with van der Waals surface area (Å²) in [6.07, 6.45) is 1.29. The molecule has 2 aliphatic rings. The molecule has 154 valence electrons. The molecule has 0 saturated carbocycles. The van der Waals surface area contributed by atoms with Crippen molar-refractivity contribution in [2.75, 3.05) is 50.1 Å². The number of anilines is 2. The lowest BCUT2D eigenvalue weighted by atomic mass is 9.99. The number of rotatable bonds is 4. The first kappa shape index (κ1) is 20.3. The summed E-state index contributed by atoms with van der Waals surface area (Å²) in [5, 5.41) is 12.1. The first-order valence-corrected chi connectivity index (χ1v) is 9.65. The molecule has 2 amide bonds. The first-order valence-electron chi connectivity index (χ1n) is 9.65. The summed E-state index contributed by atoms with van der Waals surface area (Å²) in [6, 6.07) is 5.39. The van der Waals surface area contributed by atoms with Crippen LogP contribution in [-0.4, -0.2) is 67.5 Å². The van der Waals surface area contributed by atoms with Gasteiger partial charge in [-0.25, -0.2) is 4.79 Å². The standard InChI is InChI=1S/C20H29N3O5/c1-20(2)13-23(9-10-28-20)15-6-7-16(17(11-15)27-3)21-19(26)22-8-4-5-14(12-22)18(24)25/h6-7,11,14H,4-5,8-10,12-13H2,1-3H3,(H,21,26)(H,24,25). The molecule has 0 bridgehead atoms. The van der Waals surface area contributed by atoms with Crippen LogP contribution in [0.5, 0.6) is 5.75 Å². The number of nitrogens with one attached hydrogen (secondary N) is 1. The number of urea groups is 1. The maximum absolute atomic E-state index is 12.6. The number of likely N-dealkylation sites (tertiary alicyclic amines) is 1. The zero-order valence-corrected chi connectivity index (χ0v) is 16.7. The van der Waals surface area contributed by atoms with E-state index in [-0.39, 0.29) is 18.2 Å². The molecule has 0 aliphatic carbocycles. The van der Waals surface area contributed by atoms with E-state index in [1.54, 1.807) is 12.0 Å². The van der Waals surface area contributed by atoms with Crippen LogP contribution in [0.15, 0.2) is 18.2 Å². The minimum atomic E-state index is -0.854. The number of piperidine rings is 1. The maximum Gasteiger partial charge on any atom is 0.321 e. The number of carboxylic acids is 1. The molecule has 0 radical (unpaired) electrons. The van der Waals surface area contributed by atoms with E-state index >= 15 is 0 Å². The number of aliphatic carboxylic acids is 1. The molecule has 8 nitrogen and oxygen atoms in total.